The molecule has 1 N–H and O–H groups in total. The molecule has 1 unspecified atom stereocenters. The Bertz CT molecular complexity index is 254. The number of aliphatic imine (C=N–C) groups is 2. The third-order valence-electron chi connectivity index (χ3n) is 1.77. The summed E-state index contributed by atoms with van der Waals surface area (Å²) >= 11 is 2.27. The zero-order chi connectivity index (χ0) is 7.68. The van der Waals surface area contributed by atoms with Gasteiger partial charge in [0.2, 0.25) is 0 Å². The normalized spacial score (nSPS) is 28.3. The predicted octanol–water partition coefficient (Wildman–Crippen LogP) is 1.11. The van der Waals surface area contributed by atoms with Gasteiger partial charge in [-0.3, -0.25) is 4.99 Å². The van der Waals surface area contributed by atoms with Gasteiger partial charge in [0, 0.05) is 6.42 Å². The first-order chi connectivity index (χ1) is 5.36. The Morgan fingerprint density at radius 3 is 3.45 bits per heavy atom. The molecule has 0 saturated carbocycles. The number of nitrogens with one attached hydrogen (secondary N) is 1. The maximum Gasteiger partial charge on any atom is 0.0889 e. The lowest BCUT2D eigenvalue weighted by Crippen LogP contribution is -2.26. The van der Waals surface area contributed by atoms with E-state index in [1.165, 1.54) is 3.72 Å². The van der Waals surface area contributed by atoms with Crippen LogP contribution in [0.1, 0.15) is 6.42 Å². The number of hydrogen-bond acceptors (Lipinski definition) is 3. The summed E-state index contributed by atoms with van der Waals surface area (Å²) in [5.74, 6) is 0. The fourth-order valence-electron chi connectivity index (χ4n) is 1.16. The van der Waals surface area contributed by atoms with E-state index in [4.69, 9.17) is 0 Å². The van der Waals surface area contributed by atoms with Gasteiger partial charge in [-0.05, 0) is 22.6 Å². The van der Waals surface area contributed by atoms with Gasteiger partial charge in [0.15, 0.2) is 0 Å². The maximum absolute atomic E-state index is 4.38. The average molecular weight is 261 g/mol. The number of rotatable bonds is 0. The zero-order valence-corrected chi connectivity index (χ0v) is 8.08. The molecule has 2 rings (SSSR count). The van der Waals surface area contributed by atoms with Crippen molar-refractivity contribution in [1.82, 2.24) is 5.32 Å². The summed E-state index contributed by atoms with van der Waals surface area (Å²) in [5.41, 5.74) is 1.14. The zero-order valence-electron chi connectivity index (χ0n) is 5.92. The minimum Gasteiger partial charge on any atom is -0.366 e. The van der Waals surface area contributed by atoms with E-state index in [1.54, 1.807) is 6.34 Å². The molecule has 11 heavy (non-hydrogen) atoms. The van der Waals surface area contributed by atoms with Gasteiger partial charge in [-0.2, -0.15) is 0 Å². The molecule has 58 valence electrons. The van der Waals surface area contributed by atoms with Gasteiger partial charge in [0.25, 0.3) is 0 Å². The van der Waals surface area contributed by atoms with Gasteiger partial charge in [0.1, 0.15) is 0 Å². The van der Waals surface area contributed by atoms with Gasteiger partial charge >= 0.3 is 0 Å². The molecule has 0 amide bonds. The monoisotopic (exact) mass is 261 g/mol. The molecule has 0 fully saturated rings. The van der Waals surface area contributed by atoms with Gasteiger partial charge in [-0.15, -0.1) is 0 Å². The Morgan fingerprint density at radius 2 is 2.55 bits per heavy atom. The second kappa shape index (κ2) is 2.92. The molecular formula is C7H8IN3. The van der Waals surface area contributed by atoms with Crippen molar-refractivity contribution in [2.24, 2.45) is 9.98 Å². The van der Waals surface area contributed by atoms with Crippen LogP contribution in [0.25, 0.3) is 0 Å². The van der Waals surface area contributed by atoms with E-state index >= 15 is 0 Å². The van der Waals surface area contributed by atoms with Gasteiger partial charge in [-0.25, -0.2) is 4.99 Å². The molecule has 2 heterocycles. The third kappa shape index (κ3) is 1.45. The highest BCUT2D eigenvalue weighted by molar-refractivity contribution is 14.1. The topological polar surface area (TPSA) is 36.8 Å². The summed E-state index contributed by atoms with van der Waals surface area (Å²) in [6, 6.07) is 0.335. The van der Waals surface area contributed by atoms with Crippen LogP contribution < -0.4 is 5.32 Å². The van der Waals surface area contributed by atoms with Gasteiger partial charge in [0.05, 0.1) is 28.3 Å². The number of allylic oxidation sites excluding steroid dienone is 1. The Morgan fingerprint density at radius 1 is 1.64 bits per heavy atom. The number of fused-ring (bicyclic) bond motifs is 1. The standard InChI is InChI=1S/C7H8IN3/c8-7-2-1-5-6(3-9-7)11-4-10-5/h1,4,6H,2-3H2,(H,10,11). The molecule has 2 aliphatic heterocycles. The first kappa shape index (κ1) is 7.27. The van der Waals surface area contributed by atoms with E-state index in [1.807, 2.05) is 0 Å². The van der Waals surface area contributed by atoms with Crippen LogP contribution in [0.15, 0.2) is 21.8 Å². The third-order valence-corrected chi connectivity index (χ3v) is 2.55. The number of hydrogen-bond donors (Lipinski definition) is 1. The molecule has 0 aromatic heterocycles. The fourth-order valence-corrected chi connectivity index (χ4v) is 1.58. The molecule has 1 atom stereocenters. The highest BCUT2D eigenvalue weighted by Crippen LogP contribution is 2.15. The largest absolute Gasteiger partial charge is 0.366 e. The minimum atomic E-state index is 0.335. The van der Waals surface area contributed by atoms with Gasteiger partial charge in [-0.1, -0.05) is 6.08 Å². The lowest BCUT2D eigenvalue weighted by Gasteiger charge is -2.05. The van der Waals surface area contributed by atoms with Crippen molar-refractivity contribution < 1.29 is 0 Å². The minimum absolute atomic E-state index is 0.335. The summed E-state index contributed by atoms with van der Waals surface area (Å²) in [6.45, 7) is 0.824. The van der Waals surface area contributed by atoms with Crippen LogP contribution in [-0.4, -0.2) is 22.6 Å². The van der Waals surface area contributed by atoms with E-state index in [2.05, 4.69) is 44.0 Å². The Hall–Kier alpha value is -0.390. The van der Waals surface area contributed by atoms with Crippen LogP contribution in [0.3, 0.4) is 0 Å². The summed E-state index contributed by atoms with van der Waals surface area (Å²) in [7, 11) is 0. The second-order valence-corrected chi connectivity index (χ2v) is 3.77. The highest BCUT2D eigenvalue weighted by atomic mass is 127. The average Bonchev–Trinajstić information content (AvgIpc) is 2.38. The molecule has 4 heteroatoms. The number of halogens is 1. The first-order valence-corrected chi connectivity index (χ1v) is 4.61. The molecule has 0 spiro atoms. The SMILES string of the molecule is IC1=NCC2NC=NC2=CC1. The van der Waals surface area contributed by atoms with Crippen LogP contribution in [0, 0.1) is 0 Å². The first-order valence-electron chi connectivity index (χ1n) is 3.54. The lowest BCUT2D eigenvalue weighted by molar-refractivity contribution is 0.737. The highest BCUT2D eigenvalue weighted by Gasteiger charge is 2.18. The van der Waals surface area contributed by atoms with Gasteiger partial charge < -0.3 is 5.32 Å². The molecule has 0 radical (unpaired) electrons. The smallest absolute Gasteiger partial charge is 0.0889 e. The van der Waals surface area contributed by atoms with Crippen molar-refractivity contribution in [3.05, 3.63) is 11.8 Å². The van der Waals surface area contributed by atoms with Crippen LogP contribution in [0.2, 0.25) is 0 Å². The summed E-state index contributed by atoms with van der Waals surface area (Å²) in [4.78, 5) is 8.58. The Kier molecular flexibility index (Phi) is 1.93. The van der Waals surface area contributed by atoms with Crippen molar-refractivity contribution in [3.8, 4) is 0 Å². The van der Waals surface area contributed by atoms with E-state index in [9.17, 15) is 0 Å². The van der Waals surface area contributed by atoms with E-state index in [0.29, 0.717) is 6.04 Å². The Labute approximate surface area is 78.8 Å². The van der Waals surface area contributed by atoms with Crippen LogP contribution in [-0.2, 0) is 0 Å². The molecule has 3 nitrogen and oxygen atoms in total. The van der Waals surface area contributed by atoms with Crippen molar-refractivity contribution in [2.75, 3.05) is 6.54 Å². The van der Waals surface area contributed by atoms with Crippen LogP contribution in [0.5, 0.6) is 0 Å². The molecule has 0 bridgehead atoms. The van der Waals surface area contributed by atoms with E-state index < -0.39 is 0 Å². The molecule has 0 aliphatic carbocycles. The molecule has 0 aromatic carbocycles. The van der Waals surface area contributed by atoms with Crippen LogP contribution in [0.4, 0.5) is 0 Å². The summed E-state index contributed by atoms with van der Waals surface area (Å²) in [5, 5.41) is 3.15. The van der Waals surface area contributed by atoms with Crippen molar-refractivity contribution >= 4 is 32.6 Å². The molecule has 2 aliphatic rings. The molecule has 0 saturated heterocycles. The van der Waals surface area contributed by atoms with Crippen molar-refractivity contribution in [3.63, 3.8) is 0 Å². The van der Waals surface area contributed by atoms with Crippen molar-refractivity contribution in [2.45, 2.75) is 12.5 Å². The Balaban J connectivity index is 2.22. The quantitative estimate of drug-likeness (QED) is 0.651. The molecule has 0 aromatic rings. The summed E-state index contributed by atoms with van der Waals surface area (Å²) in [6.07, 6.45) is 4.83. The van der Waals surface area contributed by atoms with E-state index in [-0.39, 0.29) is 0 Å². The van der Waals surface area contributed by atoms with E-state index in [0.717, 1.165) is 18.7 Å². The predicted molar refractivity (Wildman–Crippen MR) is 54.4 cm³/mol. The van der Waals surface area contributed by atoms with Crippen molar-refractivity contribution in [1.29, 1.82) is 0 Å². The second-order valence-electron chi connectivity index (χ2n) is 2.53. The van der Waals surface area contributed by atoms with Crippen LogP contribution >= 0.6 is 22.6 Å². The lowest BCUT2D eigenvalue weighted by atomic mass is 10.2. The maximum atomic E-state index is 4.38. The fraction of sp³-hybridized carbons (Fsp3) is 0.429. The number of nitrogens with zero attached hydrogens (tertiary/aromatic N) is 2. The molecular weight excluding hydrogens is 253 g/mol. The summed E-state index contributed by atoms with van der Waals surface area (Å²) < 4.78 is 1.17.